The molecule has 1 amide bonds. The molecule has 0 bridgehead atoms. The number of carbonyl (C=O) groups is 1. The first kappa shape index (κ1) is 15.9. The SMILES string of the molecule is O=C(CSc1nnc(-c2ccccc2F)o1)NC[C@@H]1CCCO1. The first-order valence-electron chi connectivity index (χ1n) is 7.32. The molecule has 1 aliphatic rings. The Bertz CT molecular complexity index is 673. The van der Waals surface area contributed by atoms with E-state index in [1.807, 2.05) is 0 Å². The summed E-state index contributed by atoms with van der Waals surface area (Å²) >= 11 is 1.12. The van der Waals surface area contributed by atoms with Crippen LogP contribution >= 0.6 is 11.8 Å². The number of halogens is 1. The first-order valence-corrected chi connectivity index (χ1v) is 8.30. The maximum atomic E-state index is 13.6. The highest BCUT2D eigenvalue weighted by Crippen LogP contribution is 2.24. The first-order chi connectivity index (χ1) is 11.2. The Morgan fingerprint density at radius 1 is 1.39 bits per heavy atom. The molecule has 6 nitrogen and oxygen atoms in total. The fourth-order valence-corrected chi connectivity index (χ4v) is 2.82. The molecule has 0 saturated carbocycles. The van der Waals surface area contributed by atoms with Crippen molar-refractivity contribution in [2.75, 3.05) is 18.9 Å². The van der Waals surface area contributed by atoms with Crippen molar-refractivity contribution in [3.63, 3.8) is 0 Å². The van der Waals surface area contributed by atoms with Crippen LogP contribution in [0.5, 0.6) is 0 Å². The summed E-state index contributed by atoms with van der Waals surface area (Å²) in [4.78, 5) is 11.8. The quantitative estimate of drug-likeness (QED) is 0.815. The number of hydrogen-bond donors (Lipinski definition) is 1. The van der Waals surface area contributed by atoms with Crippen molar-refractivity contribution in [1.82, 2.24) is 15.5 Å². The average molecular weight is 337 g/mol. The summed E-state index contributed by atoms with van der Waals surface area (Å²) in [6, 6.07) is 6.16. The Balaban J connectivity index is 1.49. The lowest BCUT2D eigenvalue weighted by molar-refractivity contribution is -0.119. The molecule has 0 aliphatic carbocycles. The van der Waals surface area contributed by atoms with Gasteiger partial charge in [-0.3, -0.25) is 4.79 Å². The fraction of sp³-hybridized carbons (Fsp3) is 0.400. The van der Waals surface area contributed by atoms with E-state index >= 15 is 0 Å². The molecular weight excluding hydrogens is 321 g/mol. The molecule has 0 unspecified atom stereocenters. The standard InChI is InChI=1S/C15H16FN3O3S/c16-12-6-2-1-5-11(12)14-18-19-15(22-14)23-9-13(20)17-8-10-4-3-7-21-10/h1-2,5-6,10H,3-4,7-9H2,(H,17,20)/t10-/m0/s1. The maximum absolute atomic E-state index is 13.6. The van der Waals surface area contributed by atoms with Crippen molar-refractivity contribution < 1.29 is 18.3 Å². The third-order valence-electron chi connectivity index (χ3n) is 3.39. The van der Waals surface area contributed by atoms with E-state index in [2.05, 4.69) is 15.5 Å². The smallest absolute Gasteiger partial charge is 0.277 e. The van der Waals surface area contributed by atoms with Crippen molar-refractivity contribution in [3.05, 3.63) is 30.1 Å². The monoisotopic (exact) mass is 337 g/mol. The molecule has 1 aromatic carbocycles. The van der Waals surface area contributed by atoms with Gasteiger partial charge < -0.3 is 14.5 Å². The highest BCUT2D eigenvalue weighted by atomic mass is 32.2. The molecule has 1 atom stereocenters. The number of ether oxygens (including phenoxy) is 1. The average Bonchev–Trinajstić information content (AvgIpc) is 3.23. The van der Waals surface area contributed by atoms with Crippen molar-refractivity contribution in [1.29, 1.82) is 0 Å². The van der Waals surface area contributed by atoms with Crippen LogP contribution in [-0.4, -0.2) is 41.1 Å². The second-order valence-corrected chi connectivity index (χ2v) is 6.01. The topological polar surface area (TPSA) is 77.2 Å². The Morgan fingerprint density at radius 3 is 3.04 bits per heavy atom. The molecule has 3 rings (SSSR count). The van der Waals surface area contributed by atoms with E-state index in [4.69, 9.17) is 9.15 Å². The van der Waals surface area contributed by atoms with Crippen LogP contribution in [0, 0.1) is 5.82 Å². The summed E-state index contributed by atoms with van der Waals surface area (Å²) in [7, 11) is 0. The lowest BCUT2D eigenvalue weighted by Crippen LogP contribution is -2.32. The van der Waals surface area contributed by atoms with Crippen LogP contribution in [0.15, 0.2) is 33.9 Å². The predicted molar refractivity (Wildman–Crippen MR) is 82.4 cm³/mol. The third kappa shape index (κ3) is 4.29. The van der Waals surface area contributed by atoms with Gasteiger partial charge in [0.15, 0.2) is 0 Å². The lowest BCUT2D eigenvalue weighted by Gasteiger charge is -2.09. The summed E-state index contributed by atoms with van der Waals surface area (Å²) in [5.74, 6) is -0.297. The van der Waals surface area contributed by atoms with E-state index < -0.39 is 5.82 Å². The van der Waals surface area contributed by atoms with E-state index in [-0.39, 0.29) is 34.4 Å². The zero-order valence-corrected chi connectivity index (χ0v) is 13.1. The Hall–Kier alpha value is -1.93. The predicted octanol–water partition coefficient (Wildman–Crippen LogP) is 2.26. The largest absolute Gasteiger partial charge is 0.411 e. The summed E-state index contributed by atoms with van der Waals surface area (Å²) in [5.41, 5.74) is 0.245. The van der Waals surface area contributed by atoms with Crippen LogP contribution in [0.4, 0.5) is 4.39 Å². The number of hydrogen-bond acceptors (Lipinski definition) is 6. The number of carbonyl (C=O) groups excluding carboxylic acids is 1. The molecule has 1 fully saturated rings. The van der Waals surface area contributed by atoms with Crippen LogP contribution in [0.25, 0.3) is 11.5 Å². The minimum absolute atomic E-state index is 0.102. The van der Waals surface area contributed by atoms with Crippen LogP contribution in [0.2, 0.25) is 0 Å². The molecular formula is C15H16FN3O3S. The van der Waals surface area contributed by atoms with Gasteiger partial charge >= 0.3 is 0 Å². The summed E-state index contributed by atoms with van der Waals surface area (Å²) in [6.07, 6.45) is 2.12. The molecule has 8 heteroatoms. The van der Waals surface area contributed by atoms with Gasteiger partial charge in [-0.1, -0.05) is 23.9 Å². The van der Waals surface area contributed by atoms with Crippen molar-refractivity contribution in [3.8, 4) is 11.5 Å². The minimum atomic E-state index is -0.429. The Morgan fingerprint density at radius 2 is 2.26 bits per heavy atom. The highest BCUT2D eigenvalue weighted by Gasteiger charge is 2.17. The van der Waals surface area contributed by atoms with Gasteiger partial charge in [0, 0.05) is 13.2 Å². The van der Waals surface area contributed by atoms with Gasteiger partial charge in [-0.25, -0.2) is 4.39 Å². The second kappa shape index (κ2) is 7.56. The molecule has 0 spiro atoms. The highest BCUT2D eigenvalue weighted by molar-refractivity contribution is 7.99. The van der Waals surface area contributed by atoms with Gasteiger partial charge in [0.1, 0.15) is 5.82 Å². The lowest BCUT2D eigenvalue weighted by atomic mass is 10.2. The van der Waals surface area contributed by atoms with E-state index in [0.717, 1.165) is 31.2 Å². The number of amides is 1. The molecule has 1 N–H and O–H groups in total. The van der Waals surface area contributed by atoms with Crippen LogP contribution < -0.4 is 5.32 Å². The van der Waals surface area contributed by atoms with Crippen LogP contribution in [0.3, 0.4) is 0 Å². The minimum Gasteiger partial charge on any atom is -0.411 e. The Kier molecular flexibility index (Phi) is 5.24. The fourth-order valence-electron chi connectivity index (χ4n) is 2.22. The summed E-state index contributed by atoms with van der Waals surface area (Å²) < 4.78 is 24.4. The summed E-state index contributed by atoms with van der Waals surface area (Å²) in [6.45, 7) is 1.28. The van der Waals surface area contributed by atoms with E-state index in [9.17, 15) is 9.18 Å². The van der Waals surface area contributed by atoms with Crippen LogP contribution in [-0.2, 0) is 9.53 Å². The zero-order valence-electron chi connectivity index (χ0n) is 12.3. The number of nitrogens with zero attached hydrogens (tertiary/aromatic N) is 2. The van der Waals surface area contributed by atoms with E-state index in [0.29, 0.717) is 6.54 Å². The van der Waals surface area contributed by atoms with Crippen molar-refractivity contribution in [2.24, 2.45) is 0 Å². The number of rotatable bonds is 6. The molecule has 0 radical (unpaired) electrons. The molecule has 23 heavy (non-hydrogen) atoms. The van der Waals surface area contributed by atoms with Gasteiger partial charge in [0.25, 0.3) is 11.1 Å². The van der Waals surface area contributed by atoms with E-state index in [1.165, 1.54) is 6.07 Å². The van der Waals surface area contributed by atoms with E-state index in [1.54, 1.807) is 18.2 Å². The zero-order chi connectivity index (χ0) is 16.1. The molecule has 1 aliphatic heterocycles. The molecule has 122 valence electrons. The van der Waals surface area contributed by atoms with Gasteiger partial charge in [0.05, 0.1) is 17.4 Å². The number of benzene rings is 1. The normalized spacial score (nSPS) is 17.3. The molecule has 2 heterocycles. The molecule has 2 aromatic rings. The number of thioether (sulfide) groups is 1. The van der Waals surface area contributed by atoms with Gasteiger partial charge in [0.2, 0.25) is 5.91 Å². The molecule has 1 saturated heterocycles. The number of aromatic nitrogens is 2. The van der Waals surface area contributed by atoms with Crippen LogP contribution in [0.1, 0.15) is 12.8 Å². The molecule has 1 aromatic heterocycles. The number of nitrogens with one attached hydrogen (secondary N) is 1. The van der Waals surface area contributed by atoms with Crippen molar-refractivity contribution >= 4 is 17.7 Å². The van der Waals surface area contributed by atoms with Gasteiger partial charge in [-0.15, -0.1) is 10.2 Å². The van der Waals surface area contributed by atoms with Gasteiger partial charge in [-0.05, 0) is 25.0 Å². The van der Waals surface area contributed by atoms with Gasteiger partial charge in [-0.2, -0.15) is 0 Å². The van der Waals surface area contributed by atoms with Crippen molar-refractivity contribution in [2.45, 2.75) is 24.2 Å². The second-order valence-electron chi connectivity index (χ2n) is 5.08. The summed E-state index contributed by atoms with van der Waals surface area (Å²) in [5, 5.41) is 10.7. The Labute approximate surface area is 136 Å². The third-order valence-corrected chi connectivity index (χ3v) is 4.21. The maximum Gasteiger partial charge on any atom is 0.277 e.